The third-order valence-corrected chi connectivity index (χ3v) is 5.93. The second-order valence-electron chi connectivity index (χ2n) is 6.70. The Morgan fingerprint density at radius 2 is 1.97 bits per heavy atom. The molecule has 2 heterocycles. The van der Waals surface area contributed by atoms with E-state index in [9.17, 15) is 9.59 Å². The number of ether oxygens (including phenoxy) is 1. The summed E-state index contributed by atoms with van der Waals surface area (Å²) in [7, 11) is 0. The highest BCUT2D eigenvalue weighted by molar-refractivity contribution is 14.1. The number of aromatic nitrogens is 1. The number of esters is 1. The predicted octanol–water partition coefficient (Wildman–Crippen LogP) is 5.66. The molecule has 0 aliphatic heterocycles. The number of anilines is 1. The number of rotatable bonds is 6. The normalized spacial score (nSPS) is 11.2. The number of hydrogen-bond acceptors (Lipinski definition) is 6. The lowest BCUT2D eigenvalue weighted by atomic mass is 10.2. The number of amides is 1. The van der Waals surface area contributed by atoms with E-state index >= 15 is 0 Å². The van der Waals surface area contributed by atoms with E-state index < -0.39 is 11.9 Å². The van der Waals surface area contributed by atoms with Gasteiger partial charge >= 0.3 is 5.97 Å². The molecule has 6 nitrogen and oxygen atoms in total. The van der Waals surface area contributed by atoms with Gasteiger partial charge in [-0.05, 0) is 89.7 Å². The molecule has 0 aliphatic rings. The summed E-state index contributed by atoms with van der Waals surface area (Å²) in [5.41, 5.74) is 3.76. The lowest BCUT2D eigenvalue weighted by molar-refractivity contribution is -0.142. The Balaban J connectivity index is 1.31. The predicted molar refractivity (Wildman–Crippen MR) is 130 cm³/mol. The van der Waals surface area contributed by atoms with Gasteiger partial charge in [-0.25, -0.2) is 9.78 Å². The molecule has 0 aliphatic carbocycles. The summed E-state index contributed by atoms with van der Waals surface area (Å²) in [5.74, 6) is -0.505. The first-order valence-corrected chi connectivity index (χ1v) is 11.2. The molecule has 0 fully saturated rings. The van der Waals surface area contributed by atoms with E-state index in [4.69, 9.17) is 9.15 Å². The molecule has 0 unspecified atom stereocenters. The fraction of sp³-hybridized carbons (Fsp3) is 0.0870. The first kappa shape index (κ1) is 21.3. The zero-order valence-corrected chi connectivity index (χ0v) is 19.4. The van der Waals surface area contributed by atoms with E-state index in [1.165, 1.54) is 17.7 Å². The molecule has 0 spiro atoms. The molecule has 4 aromatic rings. The van der Waals surface area contributed by atoms with Gasteiger partial charge in [-0.15, -0.1) is 11.3 Å². The van der Waals surface area contributed by atoms with Crippen LogP contribution in [0.4, 0.5) is 5.69 Å². The second-order valence-corrected chi connectivity index (χ2v) is 8.79. The number of fused-ring (bicyclic) bond motifs is 1. The van der Waals surface area contributed by atoms with E-state index in [0.717, 1.165) is 20.8 Å². The molecule has 0 bridgehead atoms. The van der Waals surface area contributed by atoms with Gasteiger partial charge in [0.2, 0.25) is 0 Å². The van der Waals surface area contributed by atoms with E-state index in [1.54, 1.807) is 35.6 Å². The SMILES string of the molecule is Cc1ccc2nc(-c3ccc(NC(=O)COC(=O)C=Cc4ccc(I)o4)cc3)sc2c1. The van der Waals surface area contributed by atoms with Crippen LogP contribution in [0.5, 0.6) is 0 Å². The van der Waals surface area contributed by atoms with Crippen molar-refractivity contribution in [3.05, 3.63) is 75.8 Å². The van der Waals surface area contributed by atoms with Crippen molar-refractivity contribution in [2.75, 3.05) is 11.9 Å². The molecule has 4 rings (SSSR count). The van der Waals surface area contributed by atoms with Gasteiger partial charge in [-0.3, -0.25) is 4.79 Å². The lowest BCUT2D eigenvalue weighted by Crippen LogP contribution is -2.20. The molecule has 0 saturated heterocycles. The third-order valence-electron chi connectivity index (χ3n) is 4.28. The monoisotopic (exact) mass is 544 g/mol. The van der Waals surface area contributed by atoms with Crippen molar-refractivity contribution >= 4 is 67.8 Å². The lowest BCUT2D eigenvalue weighted by Gasteiger charge is -2.06. The van der Waals surface area contributed by atoms with Gasteiger partial charge in [0.25, 0.3) is 5.91 Å². The maximum atomic E-state index is 12.1. The van der Waals surface area contributed by atoms with E-state index in [0.29, 0.717) is 15.2 Å². The number of aryl methyl sites for hydroxylation is 1. The number of carbonyl (C=O) groups is 2. The maximum Gasteiger partial charge on any atom is 0.331 e. The first-order chi connectivity index (χ1) is 15.0. The van der Waals surface area contributed by atoms with Gasteiger partial charge in [0.15, 0.2) is 10.4 Å². The van der Waals surface area contributed by atoms with Gasteiger partial charge in [-0.2, -0.15) is 0 Å². The number of halogens is 1. The highest BCUT2D eigenvalue weighted by Crippen LogP contribution is 2.31. The summed E-state index contributed by atoms with van der Waals surface area (Å²) in [4.78, 5) is 28.5. The van der Waals surface area contributed by atoms with Crippen LogP contribution < -0.4 is 5.32 Å². The highest BCUT2D eigenvalue weighted by atomic mass is 127. The minimum absolute atomic E-state index is 0.377. The summed E-state index contributed by atoms with van der Waals surface area (Å²) in [5, 5.41) is 3.63. The molecule has 1 N–H and O–H groups in total. The Hall–Kier alpha value is -2.98. The van der Waals surface area contributed by atoms with E-state index in [-0.39, 0.29) is 6.61 Å². The molecule has 156 valence electrons. The third kappa shape index (κ3) is 5.59. The van der Waals surface area contributed by atoms with Gasteiger partial charge in [0, 0.05) is 17.3 Å². The van der Waals surface area contributed by atoms with Crippen molar-refractivity contribution in [3.63, 3.8) is 0 Å². The zero-order valence-electron chi connectivity index (χ0n) is 16.4. The molecule has 0 radical (unpaired) electrons. The van der Waals surface area contributed by atoms with Gasteiger partial charge < -0.3 is 14.5 Å². The van der Waals surface area contributed by atoms with Crippen LogP contribution in [0.2, 0.25) is 0 Å². The van der Waals surface area contributed by atoms with Crippen molar-refractivity contribution < 1.29 is 18.7 Å². The number of hydrogen-bond donors (Lipinski definition) is 1. The van der Waals surface area contributed by atoms with Crippen LogP contribution in [0, 0.1) is 10.7 Å². The molecule has 8 heteroatoms. The van der Waals surface area contributed by atoms with Gasteiger partial charge in [0.05, 0.1) is 10.2 Å². The van der Waals surface area contributed by atoms with Crippen LogP contribution in [0.1, 0.15) is 11.3 Å². The average Bonchev–Trinajstić information content (AvgIpc) is 3.36. The minimum atomic E-state index is -0.622. The molecule has 2 aromatic heterocycles. The van der Waals surface area contributed by atoms with Gasteiger partial charge in [0.1, 0.15) is 10.8 Å². The average molecular weight is 544 g/mol. The number of carbonyl (C=O) groups excluding carboxylic acids is 2. The minimum Gasteiger partial charge on any atom is -0.452 e. The van der Waals surface area contributed by atoms with Crippen molar-refractivity contribution in [1.29, 1.82) is 0 Å². The van der Waals surface area contributed by atoms with Crippen LogP contribution >= 0.6 is 33.9 Å². The summed E-state index contributed by atoms with van der Waals surface area (Å²) < 4.78 is 12.1. The Morgan fingerprint density at radius 3 is 2.71 bits per heavy atom. The van der Waals surface area contributed by atoms with Crippen molar-refractivity contribution in [2.45, 2.75) is 6.92 Å². The highest BCUT2D eigenvalue weighted by Gasteiger charge is 2.09. The number of furan rings is 1. The van der Waals surface area contributed by atoms with E-state index in [1.807, 2.05) is 46.9 Å². The Kier molecular flexibility index (Phi) is 6.47. The summed E-state index contributed by atoms with van der Waals surface area (Å²) >= 11 is 3.66. The Bertz CT molecular complexity index is 1270. The molecule has 2 aromatic carbocycles. The molecule has 0 saturated carbocycles. The molecule has 1 amide bonds. The largest absolute Gasteiger partial charge is 0.452 e. The summed E-state index contributed by atoms with van der Waals surface area (Å²) in [6, 6.07) is 17.1. The van der Waals surface area contributed by atoms with Crippen LogP contribution in [0.25, 0.3) is 26.9 Å². The second kappa shape index (κ2) is 9.44. The smallest absolute Gasteiger partial charge is 0.331 e. The Labute approximate surface area is 196 Å². The standard InChI is InChI=1S/C23H17IN2O4S/c1-14-2-9-18-19(12-14)31-23(26-18)15-3-5-16(6-4-15)25-21(27)13-29-22(28)11-8-17-7-10-20(24)30-17/h2-12H,13H2,1H3,(H,25,27). The molecular formula is C23H17IN2O4S. The Morgan fingerprint density at radius 1 is 1.16 bits per heavy atom. The van der Waals surface area contributed by atoms with Crippen LogP contribution in [0.3, 0.4) is 0 Å². The van der Waals surface area contributed by atoms with Crippen molar-refractivity contribution in [1.82, 2.24) is 4.98 Å². The number of thiazole rings is 1. The van der Waals surface area contributed by atoms with Crippen LogP contribution in [0.15, 0.2) is 65.1 Å². The van der Waals surface area contributed by atoms with Crippen molar-refractivity contribution in [3.8, 4) is 10.6 Å². The fourth-order valence-electron chi connectivity index (χ4n) is 2.80. The number of nitrogens with zero attached hydrogens (tertiary/aromatic N) is 1. The summed E-state index contributed by atoms with van der Waals surface area (Å²) in [6.45, 7) is 1.68. The van der Waals surface area contributed by atoms with Gasteiger partial charge in [-0.1, -0.05) is 6.07 Å². The van der Waals surface area contributed by atoms with Crippen LogP contribution in [-0.4, -0.2) is 23.5 Å². The quantitative estimate of drug-likeness (QED) is 0.192. The maximum absolute atomic E-state index is 12.1. The number of nitrogens with one attached hydrogen (secondary N) is 1. The van der Waals surface area contributed by atoms with Crippen molar-refractivity contribution in [2.24, 2.45) is 0 Å². The first-order valence-electron chi connectivity index (χ1n) is 9.34. The molecular weight excluding hydrogens is 527 g/mol. The fourth-order valence-corrected chi connectivity index (χ4v) is 4.30. The topological polar surface area (TPSA) is 81.4 Å². The molecule has 31 heavy (non-hydrogen) atoms. The van der Waals surface area contributed by atoms with E-state index in [2.05, 4.69) is 23.3 Å². The van der Waals surface area contributed by atoms with Crippen LogP contribution in [-0.2, 0) is 14.3 Å². The molecule has 0 atom stereocenters. The zero-order chi connectivity index (χ0) is 21.8. The number of benzene rings is 2. The summed E-state index contributed by atoms with van der Waals surface area (Å²) in [6.07, 6.45) is 2.71.